The highest BCUT2D eigenvalue weighted by molar-refractivity contribution is 5.42. The van der Waals surface area contributed by atoms with Crippen molar-refractivity contribution in [2.45, 2.75) is 33.1 Å². The molecule has 0 unspecified atom stereocenters. The van der Waals surface area contributed by atoms with Gasteiger partial charge in [-0.05, 0) is 12.8 Å². The van der Waals surface area contributed by atoms with Crippen LogP contribution in [0.1, 0.15) is 37.2 Å². The zero-order valence-corrected chi connectivity index (χ0v) is 9.67. The number of aliphatic hydroxyl groups excluding tert-OH is 1. The highest BCUT2D eigenvalue weighted by Crippen LogP contribution is 2.13. The topological polar surface area (TPSA) is 38.0 Å². The summed E-state index contributed by atoms with van der Waals surface area (Å²) in [5.74, 6) is 6.07. The minimum atomic E-state index is 0.121. The monoisotopic (exact) mass is 206 g/mol. The second-order valence-corrected chi connectivity index (χ2v) is 3.37. The summed E-state index contributed by atoms with van der Waals surface area (Å²) in [4.78, 5) is 0. The first-order chi connectivity index (χ1) is 7.24. The van der Waals surface area contributed by atoms with Gasteiger partial charge in [0.2, 0.25) is 0 Å². The highest BCUT2D eigenvalue weighted by Gasteiger charge is 2.10. The van der Waals surface area contributed by atoms with Gasteiger partial charge in [-0.15, -0.1) is 0 Å². The van der Waals surface area contributed by atoms with Crippen LogP contribution in [0.4, 0.5) is 0 Å². The summed E-state index contributed by atoms with van der Waals surface area (Å²) in [5, 5.41) is 13.1. The summed E-state index contributed by atoms with van der Waals surface area (Å²) in [6.07, 6.45) is 2.37. The Morgan fingerprint density at radius 1 is 1.33 bits per heavy atom. The molecule has 0 radical (unpaired) electrons. The lowest BCUT2D eigenvalue weighted by molar-refractivity contribution is 0.305. The maximum Gasteiger partial charge on any atom is 0.0781 e. The van der Waals surface area contributed by atoms with Gasteiger partial charge >= 0.3 is 0 Å². The number of nitrogens with zero attached hydrogens (tertiary/aromatic N) is 2. The largest absolute Gasteiger partial charge is 0.395 e. The van der Waals surface area contributed by atoms with Crippen molar-refractivity contribution in [2.75, 3.05) is 6.61 Å². The first-order valence-electron chi connectivity index (χ1n) is 5.39. The third-order valence-corrected chi connectivity index (χ3v) is 2.36. The number of hydrogen-bond acceptors (Lipinski definition) is 2. The summed E-state index contributed by atoms with van der Waals surface area (Å²) >= 11 is 0. The minimum absolute atomic E-state index is 0.121. The van der Waals surface area contributed by atoms with Gasteiger partial charge in [0.1, 0.15) is 0 Å². The Bertz CT molecular complexity index is 382. The second kappa shape index (κ2) is 5.57. The predicted molar refractivity (Wildman–Crippen MR) is 60.5 cm³/mol. The first kappa shape index (κ1) is 11.8. The van der Waals surface area contributed by atoms with Gasteiger partial charge in [0, 0.05) is 13.5 Å². The molecule has 0 atom stereocenters. The van der Waals surface area contributed by atoms with Crippen LogP contribution < -0.4 is 0 Å². The Labute approximate surface area is 91.1 Å². The van der Waals surface area contributed by atoms with E-state index >= 15 is 0 Å². The molecule has 15 heavy (non-hydrogen) atoms. The van der Waals surface area contributed by atoms with Crippen LogP contribution in [0.15, 0.2) is 0 Å². The summed E-state index contributed by atoms with van der Waals surface area (Å²) in [5.41, 5.74) is 3.29. The first-order valence-corrected chi connectivity index (χ1v) is 5.39. The number of rotatable bonds is 3. The van der Waals surface area contributed by atoms with E-state index in [0.29, 0.717) is 6.42 Å². The van der Waals surface area contributed by atoms with Crippen molar-refractivity contribution in [1.82, 2.24) is 9.78 Å². The Balaban J connectivity index is 3.08. The van der Waals surface area contributed by atoms with Gasteiger partial charge in [-0.25, -0.2) is 0 Å². The molecule has 0 aromatic carbocycles. The summed E-state index contributed by atoms with van der Waals surface area (Å²) in [7, 11) is 1.95. The fraction of sp³-hybridized carbons (Fsp3) is 0.583. The average molecular weight is 206 g/mol. The van der Waals surface area contributed by atoms with Gasteiger partial charge in [-0.3, -0.25) is 4.68 Å². The molecule has 0 aliphatic carbocycles. The molecule has 0 amide bonds. The molecule has 0 saturated heterocycles. The molecule has 0 fully saturated rings. The molecule has 3 nitrogen and oxygen atoms in total. The van der Waals surface area contributed by atoms with Gasteiger partial charge in [0.05, 0.1) is 23.6 Å². The van der Waals surface area contributed by atoms with Crippen LogP contribution >= 0.6 is 0 Å². The van der Waals surface area contributed by atoms with Gasteiger partial charge < -0.3 is 5.11 Å². The van der Waals surface area contributed by atoms with Crippen LogP contribution in [0.2, 0.25) is 0 Å². The van der Waals surface area contributed by atoms with E-state index < -0.39 is 0 Å². The standard InChI is InChI=1S/C12H18N2O/c1-4-11-10(8-6-7-9-15)12(5-2)14(3)13-11/h15H,4-5,7,9H2,1-3H3. The van der Waals surface area contributed by atoms with Crippen molar-refractivity contribution in [3.63, 3.8) is 0 Å². The second-order valence-electron chi connectivity index (χ2n) is 3.37. The lowest BCUT2D eigenvalue weighted by Gasteiger charge is -1.96. The lowest BCUT2D eigenvalue weighted by Crippen LogP contribution is -1.97. The van der Waals surface area contributed by atoms with Crippen molar-refractivity contribution in [1.29, 1.82) is 0 Å². The molecule has 0 spiro atoms. The highest BCUT2D eigenvalue weighted by atomic mass is 16.2. The van der Waals surface area contributed by atoms with Gasteiger partial charge in [-0.2, -0.15) is 5.10 Å². The lowest BCUT2D eigenvalue weighted by atomic mass is 10.1. The molecule has 0 aliphatic heterocycles. The Hall–Kier alpha value is -1.27. The smallest absolute Gasteiger partial charge is 0.0781 e. The maximum absolute atomic E-state index is 8.68. The predicted octanol–water partition coefficient (Wildman–Crippen LogP) is 1.28. The van der Waals surface area contributed by atoms with Crippen molar-refractivity contribution < 1.29 is 5.11 Å². The van der Waals surface area contributed by atoms with Crippen LogP contribution in [-0.4, -0.2) is 21.5 Å². The fourth-order valence-corrected chi connectivity index (χ4v) is 1.62. The maximum atomic E-state index is 8.68. The molecule has 1 heterocycles. The van der Waals surface area contributed by atoms with Crippen LogP contribution in [0.5, 0.6) is 0 Å². The van der Waals surface area contributed by atoms with E-state index in [0.717, 1.165) is 24.1 Å². The van der Waals surface area contributed by atoms with Crippen molar-refractivity contribution >= 4 is 0 Å². The van der Waals surface area contributed by atoms with E-state index in [1.54, 1.807) is 0 Å². The van der Waals surface area contributed by atoms with Crippen molar-refractivity contribution in [3.05, 3.63) is 17.0 Å². The average Bonchev–Trinajstić information content (AvgIpc) is 2.55. The third kappa shape index (κ3) is 2.60. The number of aromatic nitrogens is 2. The van der Waals surface area contributed by atoms with E-state index in [1.165, 1.54) is 5.69 Å². The SMILES string of the molecule is CCc1nn(C)c(CC)c1C#CCCO. The zero-order valence-electron chi connectivity index (χ0n) is 9.67. The normalized spacial score (nSPS) is 9.87. The molecule has 1 aromatic rings. The molecular formula is C12H18N2O. The number of hydrogen-bond donors (Lipinski definition) is 1. The van der Waals surface area contributed by atoms with Crippen molar-refractivity contribution in [2.24, 2.45) is 7.05 Å². The molecule has 0 aliphatic rings. The molecule has 1 N–H and O–H groups in total. The zero-order chi connectivity index (χ0) is 11.3. The van der Waals surface area contributed by atoms with E-state index in [1.807, 2.05) is 11.7 Å². The molecule has 3 heteroatoms. The number of aliphatic hydroxyl groups is 1. The molecule has 0 saturated carbocycles. The summed E-state index contributed by atoms with van der Waals surface area (Å²) < 4.78 is 1.90. The summed E-state index contributed by atoms with van der Waals surface area (Å²) in [6.45, 7) is 4.31. The van der Waals surface area contributed by atoms with Gasteiger partial charge in [0.25, 0.3) is 0 Å². The van der Waals surface area contributed by atoms with E-state index in [9.17, 15) is 0 Å². The Kier molecular flexibility index (Phi) is 4.38. The van der Waals surface area contributed by atoms with Crippen LogP contribution in [0.3, 0.4) is 0 Å². The molecule has 1 rings (SSSR count). The van der Waals surface area contributed by atoms with Crippen LogP contribution in [0, 0.1) is 11.8 Å². The third-order valence-electron chi connectivity index (χ3n) is 2.36. The fourth-order valence-electron chi connectivity index (χ4n) is 1.62. The van der Waals surface area contributed by atoms with Crippen molar-refractivity contribution in [3.8, 4) is 11.8 Å². The minimum Gasteiger partial charge on any atom is -0.395 e. The van der Waals surface area contributed by atoms with E-state index in [4.69, 9.17) is 5.11 Å². The molecular weight excluding hydrogens is 188 g/mol. The molecule has 0 bridgehead atoms. The molecule has 1 aromatic heterocycles. The van der Waals surface area contributed by atoms with Crippen LogP contribution in [0.25, 0.3) is 0 Å². The molecule has 82 valence electrons. The van der Waals surface area contributed by atoms with E-state index in [-0.39, 0.29) is 6.61 Å². The Morgan fingerprint density at radius 3 is 2.60 bits per heavy atom. The van der Waals surface area contributed by atoms with Gasteiger partial charge in [-0.1, -0.05) is 25.7 Å². The summed E-state index contributed by atoms with van der Waals surface area (Å²) in [6, 6.07) is 0. The van der Waals surface area contributed by atoms with Crippen LogP contribution in [-0.2, 0) is 19.9 Å². The number of aryl methyl sites for hydroxylation is 2. The Morgan fingerprint density at radius 2 is 2.07 bits per heavy atom. The quantitative estimate of drug-likeness (QED) is 0.756. The van der Waals surface area contributed by atoms with Gasteiger partial charge in [0.15, 0.2) is 0 Å². The van der Waals surface area contributed by atoms with E-state index in [2.05, 4.69) is 30.8 Å².